The second kappa shape index (κ2) is 5.40. The van der Waals surface area contributed by atoms with E-state index in [1.54, 1.807) is 42.6 Å². The maximum Gasteiger partial charge on any atom is 0.262 e. The number of benzene rings is 1. The molecule has 22 heavy (non-hydrogen) atoms. The molecule has 1 aliphatic heterocycles. The van der Waals surface area contributed by atoms with E-state index >= 15 is 0 Å². The molecule has 0 saturated heterocycles. The van der Waals surface area contributed by atoms with Gasteiger partial charge in [-0.25, -0.2) is 0 Å². The summed E-state index contributed by atoms with van der Waals surface area (Å²) in [5, 5.41) is 2.64. The lowest BCUT2D eigenvalue weighted by Gasteiger charge is -2.21. The van der Waals surface area contributed by atoms with Gasteiger partial charge in [0.05, 0.1) is 23.0 Å². The van der Waals surface area contributed by atoms with Crippen molar-refractivity contribution in [2.45, 2.75) is 13.0 Å². The van der Waals surface area contributed by atoms with Gasteiger partial charge < -0.3 is 5.32 Å². The zero-order valence-electron chi connectivity index (χ0n) is 11.8. The van der Waals surface area contributed by atoms with E-state index in [0.29, 0.717) is 16.8 Å². The predicted octanol–water partition coefficient (Wildman–Crippen LogP) is 1.70. The molecule has 110 valence electrons. The Hall–Kier alpha value is -3.02. The molecule has 1 aromatic carbocycles. The standard InChI is InChI=1S/C16H13N3O3/c1-10(14(20)18-11-5-4-8-17-9-11)19-15(21)12-6-2-3-7-13(12)16(19)22/h2-10H,1H3,(H,18,20)/t10-/m1/s1. The first-order chi connectivity index (χ1) is 10.6. The van der Waals surface area contributed by atoms with Gasteiger partial charge in [-0.15, -0.1) is 0 Å². The third-order valence-corrected chi connectivity index (χ3v) is 3.52. The maximum absolute atomic E-state index is 12.3. The van der Waals surface area contributed by atoms with Crippen molar-refractivity contribution >= 4 is 23.4 Å². The number of nitrogens with one attached hydrogen (secondary N) is 1. The summed E-state index contributed by atoms with van der Waals surface area (Å²) in [5.41, 5.74) is 1.16. The number of carbonyl (C=O) groups excluding carboxylic acids is 3. The van der Waals surface area contributed by atoms with Gasteiger partial charge in [-0.2, -0.15) is 0 Å². The minimum atomic E-state index is -0.910. The largest absolute Gasteiger partial charge is 0.323 e. The highest BCUT2D eigenvalue weighted by Gasteiger charge is 2.40. The molecule has 2 aromatic rings. The first-order valence-corrected chi connectivity index (χ1v) is 6.77. The number of anilines is 1. The van der Waals surface area contributed by atoms with Crippen molar-refractivity contribution in [3.63, 3.8) is 0 Å². The molecule has 0 unspecified atom stereocenters. The van der Waals surface area contributed by atoms with E-state index in [4.69, 9.17) is 0 Å². The fraction of sp³-hybridized carbons (Fsp3) is 0.125. The van der Waals surface area contributed by atoms with Gasteiger partial charge in [0.2, 0.25) is 5.91 Å². The van der Waals surface area contributed by atoms with Crippen LogP contribution in [0.15, 0.2) is 48.8 Å². The van der Waals surface area contributed by atoms with Gasteiger partial charge in [0, 0.05) is 6.20 Å². The molecule has 6 heteroatoms. The molecule has 0 aliphatic carbocycles. The maximum atomic E-state index is 12.3. The lowest BCUT2D eigenvalue weighted by molar-refractivity contribution is -0.119. The van der Waals surface area contributed by atoms with Crippen LogP contribution in [0.4, 0.5) is 5.69 Å². The predicted molar refractivity (Wildman–Crippen MR) is 79.3 cm³/mol. The Kier molecular flexibility index (Phi) is 3.42. The molecule has 0 saturated carbocycles. The Morgan fingerprint density at radius 1 is 1.09 bits per heavy atom. The zero-order chi connectivity index (χ0) is 15.7. The van der Waals surface area contributed by atoms with E-state index in [9.17, 15) is 14.4 Å². The molecular weight excluding hydrogens is 282 g/mol. The Bertz CT molecular complexity index is 723. The molecule has 2 heterocycles. The summed E-state index contributed by atoms with van der Waals surface area (Å²) in [6.07, 6.45) is 3.08. The Morgan fingerprint density at radius 3 is 2.27 bits per heavy atom. The van der Waals surface area contributed by atoms with Crippen LogP contribution >= 0.6 is 0 Å². The van der Waals surface area contributed by atoms with Crippen LogP contribution in [0.2, 0.25) is 0 Å². The Labute approximate surface area is 126 Å². The Morgan fingerprint density at radius 2 is 1.73 bits per heavy atom. The number of carbonyl (C=O) groups is 3. The number of amides is 3. The van der Waals surface area contributed by atoms with Crippen LogP contribution in [0.1, 0.15) is 27.6 Å². The smallest absolute Gasteiger partial charge is 0.262 e. The number of hydrogen-bond acceptors (Lipinski definition) is 4. The highest BCUT2D eigenvalue weighted by molar-refractivity contribution is 6.23. The van der Waals surface area contributed by atoms with Crippen molar-refractivity contribution in [1.82, 2.24) is 9.88 Å². The van der Waals surface area contributed by atoms with E-state index in [0.717, 1.165) is 4.90 Å². The number of aromatic nitrogens is 1. The van der Waals surface area contributed by atoms with E-state index in [1.807, 2.05) is 0 Å². The fourth-order valence-electron chi connectivity index (χ4n) is 2.36. The van der Waals surface area contributed by atoms with Crippen LogP contribution < -0.4 is 5.32 Å². The monoisotopic (exact) mass is 295 g/mol. The van der Waals surface area contributed by atoms with Crippen molar-refractivity contribution in [3.8, 4) is 0 Å². The first-order valence-electron chi connectivity index (χ1n) is 6.77. The van der Waals surface area contributed by atoms with Crippen LogP contribution in [-0.4, -0.2) is 33.6 Å². The van der Waals surface area contributed by atoms with Gasteiger partial charge in [0.25, 0.3) is 11.8 Å². The molecule has 1 atom stereocenters. The van der Waals surface area contributed by atoms with Gasteiger partial charge in [0.1, 0.15) is 6.04 Å². The molecule has 0 bridgehead atoms. The van der Waals surface area contributed by atoms with Gasteiger partial charge in [-0.3, -0.25) is 24.3 Å². The normalized spacial score (nSPS) is 14.7. The molecule has 1 N–H and O–H groups in total. The summed E-state index contributed by atoms with van der Waals surface area (Å²) in [4.78, 5) is 41.8. The molecule has 1 aromatic heterocycles. The van der Waals surface area contributed by atoms with Crippen LogP contribution in [-0.2, 0) is 4.79 Å². The van der Waals surface area contributed by atoms with E-state index in [1.165, 1.54) is 13.1 Å². The second-order valence-corrected chi connectivity index (χ2v) is 4.93. The topological polar surface area (TPSA) is 79.4 Å². The molecule has 0 fully saturated rings. The number of hydrogen-bond donors (Lipinski definition) is 1. The van der Waals surface area contributed by atoms with E-state index in [2.05, 4.69) is 10.3 Å². The lowest BCUT2D eigenvalue weighted by Crippen LogP contribution is -2.45. The Balaban J connectivity index is 1.81. The van der Waals surface area contributed by atoms with E-state index in [-0.39, 0.29) is 0 Å². The molecule has 3 amide bonds. The molecule has 6 nitrogen and oxygen atoms in total. The number of pyridine rings is 1. The minimum Gasteiger partial charge on any atom is -0.323 e. The first kappa shape index (κ1) is 13.9. The fourth-order valence-corrected chi connectivity index (χ4v) is 2.36. The van der Waals surface area contributed by atoms with Crippen molar-refractivity contribution in [3.05, 3.63) is 59.9 Å². The van der Waals surface area contributed by atoms with Crippen molar-refractivity contribution in [1.29, 1.82) is 0 Å². The van der Waals surface area contributed by atoms with Gasteiger partial charge in [0.15, 0.2) is 0 Å². The average Bonchev–Trinajstić information content (AvgIpc) is 2.79. The summed E-state index contributed by atoms with van der Waals surface area (Å²) in [7, 11) is 0. The van der Waals surface area contributed by atoms with Gasteiger partial charge >= 0.3 is 0 Å². The van der Waals surface area contributed by atoms with Gasteiger partial charge in [-0.05, 0) is 31.2 Å². The van der Waals surface area contributed by atoms with E-state index < -0.39 is 23.8 Å². The number of imide groups is 1. The van der Waals surface area contributed by atoms with Crippen molar-refractivity contribution < 1.29 is 14.4 Å². The lowest BCUT2D eigenvalue weighted by atomic mass is 10.1. The van der Waals surface area contributed by atoms with Crippen LogP contribution in [0.5, 0.6) is 0 Å². The summed E-state index contributed by atoms with van der Waals surface area (Å²) in [5.74, 6) is -1.34. The average molecular weight is 295 g/mol. The van der Waals surface area contributed by atoms with Crippen LogP contribution in [0.25, 0.3) is 0 Å². The zero-order valence-corrected chi connectivity index (χ0v) is 11.8. The highest BCUT2D eigenvalue weighted by Crippen LogP contribution is 2.24. The summed E-state index contributed by atoms with van der Waals surface area (Å²) in [6, 6.07) is 9.00. The number of nitrogens with zero attached hydrogens (tertiary/aromatic N) is 2. The third kappa shape index (κ3) is 2.24. The number of rotatable bonds is 3. The van der Waals surface area contributed by atoms with Gasteiger partial charge in [-0.1, -0.05) is 12.1 Å². The quantitative estimate of drug-likeness (QED) is 0.874. The number of fused-ring (bicyclic) bond motifs is 1. The van der Waals surface area contributed by atoms with Crippen molar-refractivity contribution in [2.75, 3.05) is 5.32 Å². The molecule has 0 radical (unpaired) electrons. The summed E-state index contributed by atoms with van der Waals surface area (Å²) >= 11 is 0. The van der Waals surface area contributed by atoms with Crippen molar-refractivity contribution in [2.24, 2.45) is 0 Å². The van der Waals surface area contributed by atoms with Crippen LogP contribution in [0, 0.1) is 0 Å². The third-order valence-electron chi connectivity index (χ3n) is 3.52. The second-order valence-electron chi connectivity index (χ2n) is 4.93. The molecule has 3 rings (SSSR count). The molecular formula is C16H13N3O3. The summed E-state index contributed by atoms with van der Waals surface area (Å²) in [6.45, 7) is 1.52. The minimum absolute atomic E-state index is 0.327. The summed E-state index contributed by atoms with van der Waals surface area (Å²) < 4.78 is 0. The molecule has 1 aliphatic rings. The highest BCUT2D eigenvalue weighted by atomic mass is 16.2. The SMILES string of the molecule is C[C@H](C(=O)Nc1cccnc1)N1C(=O)c2ccccc2C1=O. The molecule has 0 spiro atoms. The van der Waals surface area contributed by atoms with Crippen LogP contribution in [0.3, 0.4) is 0 Å².